The summed E-state index contributed by atoms with van der Waals surface area (Å²) >= 11 is 0. The molecular weight excluding hydrogens is 302 g/mol. The molecule has 1 aliphatic rings. The fraction of sp³-hybridized carbons (Fsp3) is 0.350. The first-order valence-corrected chi connectivity index (χ1v) is 8.42. The maximum absolute atomic E-state index is 12.4. The normalized spacial score (nSPS) is 16.8. The predicted octanol–water partition coefficient (Wildman–Crippen LogP) is 2.91. The van der Waals surface area contributed by atoms with Crippen molar-refractivity contribution in [3.05, 3.63) is 65.7 Å². The number of aliphatic hydroxyl groups is 1. The van der Waals surface area contributed by atoms with Crippen molar-refractivity contribution in [2.45, 2.75) is 25.4 Å². The zero-order valence-corrected chi connectivity index (χ0v) is 13.6. The van der Waals surface area contributed by atoms with Gasteiger partial charge in [0.25, 0.3) is 0 Å². The van der Waals surface area contributed by atoms with E-state index < -0.39 is 6.10 Å². The van der Waals surface area contributed by atoms with Gasteiger partial charge in [-0.1, -0.05) is 42.5 Å². The zero-order valence-electron chi connectivity index (χ0n) is 13.6. The van der Waals surface area contributed by atoms with Gasteiger partial charge in [0.2, 0.25) is 5.91 Å². The molecule has 1 unspecified atom stereocenters. The number of likely N-dealkylation sites (tertiary alicyclic amines) is 1. The van der Waals surface area contributed by atoms with E-state index in [1.165, 1.54) is 0 Å². The second kappa shape index (κ2) is 7.49. The maximum Gasteiger partial charge on any atom is 0.226 e. The molecule has 2 N–H and O–H groups in total. The summed E-state index contributed by atoms with van der Waals surface area (Å²) in [5.74, 6) is 0.514. The van der Waals surface area contributed by atoms with Crippen molar-refractivity contribution in [1.82, 2.24) is 4.90 Å². The van der Waals surface area contributed by atoms with Crippen LogP contribution in [0.25, 0.3) is 0 Å². The van der Waals surface area contributed by atoms with Crippen LogP contribution in [0, 0.1) is 5.92 Å². The molecule has 3 rings (SSSR count). The van der Waals surface area contributed by atoms with Gasteiger partial charge in [-0.3, -0.25) is 4.79 Å². The fourth-order valence-electron chi connectivity index (χ4n) is 3.29. The third-order valence-electron chi connectivity index (χ3n) is 4.77. The number of phenols is 1. The van der Waals surface area contributed by atoms with Gasteiger partial charge in [0.05, 0.1) is 12.5 Å². The van der Waals surface area contributed by atoms with Crippen LogP contribution < -0.4 is 0 Å². The van der Waals surface area contributed by atoms with Gasteiger partial charge >= 0.3 is 0 Å². The van der Waals surface area contributed by atoms with Crippen LogP contribution in [0.2, 0.25) is 0 Å². The van der Waals surface area contributed by atoms with Crippen LogP contribution in [-0.4, -0.2) is 34.1 Å². The monoisotopic (exact) mass is 325 g/mol. The second-order valence-electron chi connectivity index (χ2n) is 6.42. The molecule has 2 aromatic carbocycles. The van der Waals surface area contributed by atoms with Crippen molar-refractivity contribution in [1.29, 1.82) is 0 Å². The summed E-state index contributed by atoms with van der Waals surface area (Å²) in [6.07, 6.45) is 1.53. The zero-order chi connectivity index (χ0) is 16.9. The van der Waals surface area contributed by atoms with Gasteiger partial charge in [-0.25, -0.2) is 0 Å². The van der Waals surface area contributed by atoms with Crippen molar-refractivity contribution < 1.29 is 15.0 Å². The van der Waals surface area contributed by atoms with E-state index in [0.717, 1.165) is 24.0 Å². The van der Waals surface area contributed by atoms with Crippen LogP contribution in [0.5, 0.6) is 5.75 Å². The molecule has 1 atom stereocenters. The first-order valence-electron chi connectivity index (χ1n) is 8.42. The average molecular weight is 325 g/mol. The maximum atomic E-state index is 12.4. The molecule has 1 fully saturated rings. The Labute approximate surface area is 142 Å². The molecule has 126 valence electrons. The molecular formula is C20H23NO3. The summed E-state index contributed by atoms with van der Waals surface area (Å²) in [5, 5.41) is 19.8. The Bertz CT molecular complexity index is 661. The number of piperidine rings is 1. The molecule has 4 nitrogen and oxygen atoms in total. The van der Waals surface area contributed by atoms with Crippen molar-refractivity contribution >= 4 is 5.91 Å². The van der Waals surface area contributed by atoms with Crippen LogP contribution >= 0.6 is 0 Å². The van der Waals surface area contributed by atoms with Gasteiger partial charge in [-0.15, -0.1) is 0 Å². The van der Waals surface area contributed by atoms with E-state index in [1.807, 2.05) is 35.2 Å². The fourth-order valence-corrected chi connectivity index (χ4v) is 3.29. The highest BCUT2D eigenvalue weighted by Gasteiger charge is 2.28. The second-order valence-corrected chi connectivity index (χ2v) is 6.42. The number of amides is 1. The van der Waals surface area contributed by atoms with E-state index in [1.54, 1.807) is 24.3 Å². The van der Waals surface area contributed by atoms with Gasteiger partial charge in [-0.2, -0.15) is 0 Å². The van der Waals surface area contributed by atoms with Crippen molar-refractivity contribution in [2.24, 2.45) is 5.92 Å². The quantitative estimate of drug-likeness (QED) is 0.908. The highest BCUT2D eigenvalue weighted by molar-refractivity contribution is 5.78. The summed E-state index contributed by atoms with van der Waals surface area (Å²) in [6, 6.07) is 16.5. The number of hydrogen-bond donors (Lipinski definition) is 2. The summed E-state index contributed by atoms with van der Waals surface area (Å²) < 4.78 is 0. The summed E-state index contributed by atoms with van der Waals surface area (Å²) in [6.45, 7) is 1.37. The first-order chi connectivity index (χ1) is 11.6. The van der Waals surface area contributed by atoms with Crippen LogP contribution in [0.15, 0.2) is 54.6 Å². The van der Waals surface area contributed by atoms with E-state index in [9.17, 15) is 15.0 Å². The van der Waals surface area contributed by atoms with Crippen molar-refractivity contribution in [3.8, 4) is 5.75 Å². The Kier molecular flexibility index (Phi) is 5.16. The number of carbonyl (C=O) groups is 1. The third kappa shape index (κ3) is 3.95. The van der Waals surface area contributed by atoms with Crippen LogP contribution in [0.3, 0.4) is 0 Å². The van der Waals surface area contributed by atoms with Crippen LogP contribution in [-0.2, 0) is 11.2 Å². The number of aliphatic hydroxyl groups excluding tert-OH is 1. The molecule has 24 heavy (non-hydrogen) atoms. The predicted molar refractivity (Wildman–Crippen MR) is 92.5 cm³/mol. The molecule has 1 amide bonds. The standard InChI is InChI=1S/C20H23NO3/c22-18-8-6-15(7-9-18)14-19(23)21-12-10-17(11-13-21)20(24)16-4-2-1-3-5-16/h1-9,17,20,22,24H,10-14H2. The lowest BCUT2D eigenvalue weighted by molar-refractivity contribution is -0.132. The Morgan fingerprint density at radius 2 is 1.67 bits per heavy atom. The summed E-state index contributed by atoms with van der Waals surface area (Å²) in [5.41, 5.74) is 1.86. The average Bonchev–Trinajstić information content (AvgIpc) is 2.64. The molecule has 0 radical (unpaired) electrons. The Hall–Kier alpha value is -2.33. The number of phenolic OH excluding ortho intramolecular Hbond substituents is 1. The van der Waals surface area contributed by atoms with Crippen LogP contribution in [0.4, 0.5) is 0 Å². The van der Waals surface area contributed by atoms with Gasteiger partial charge in [-0.05, 0) is 42.0 Å². The first kappa shape index (κ1) is 16.5. The number of aromatic hydroxyl groups is 1. The van der Waals surface area contributed by atoms with Gasteiger partial charge in [0.15, 0.2) is 0 Å². The SMILES string of the molecule is O=C(Cc1ccc(O)cc1)N1CCC(C(O)c2ccccc2)CC1. The number of carbonyl (C=O) groups excluding carboxylic acids is 1. The number of benzene rings is 2. The lowest BCUT2D eigenvalue weighted by Crippen LogP contribution is -2.40. The number of hydrogen-bond acceptors (Lipinski definition) is 3. The summed E-state index contributed by atoms with van der Waals surface area (Å²) in [4.78, 5) is 14.3. The Morgan fingerprint density at radius 1 is 1.04 bits per heavy atom. The lowest BCUT2D eigenvalue weighted by Gasteiger charge is -2.34. The highest BCUT2D eigenvalue weighted by Crippen LogP contribution is 2.30. The Morgan fingerprint density at radius 3 is 2.29 bits per heavy atom. The number of rotatable bonds is 4. The molecule has 0 spiro atoms. The van der Waals surface area contributed by atoms with Gasteiger partial charge in [0.1, 0.15) is 5.75 Å². The smallest absolute Gasteiger partial charge is 0.226 e. The third-order valence-corrected chi connectivity index (χ3v) is 4.77. The molecule has 0 saturated carbocycles. The molecule has 1 aliphatic heterocycles. The minimum absolute atomic E-state index is 0.105. The minimum atomic E-state index is -0.458. The van der Waals surface area contributed by atoms with Gasteiger partial charge < -0.3 is 15.1 Å². The van der Waals surface area contributed by atoms with E-state index in [4.69, 9.17) is 0 Å². The molecule has 0 aliphatic carbocycles. The summed E-state index contributed by atoms with van der Waals surface area (Å²) in [7, 11) is 0. The van der Waals surface area contributed by atoms with Gasteiger partial charge in [0, 0.05) is 13.1 Å². The van der Waals surface area contributed by atoms with Crippen molar-refractivity contribution in [2.75, 3.05) is 13.1 Å². The van der Waals surface area contributed by atoms with E-state index in [2.05, 4.69) is 0 Å². The molecule has 1 heterocycles. The van der Waals surface area contributed by atoms with Crippen LogP contribution in [0.1, 0.15) is 30.1 Å². The van der Waals surface area contributed by atoms with E-state index in [-0.39, 0.29) is 17.6 Å². The molecule has 1 saturated heterocycles. The van der Waals surface area contributed by atoms with E-state index in [0.29, 0.717) is 19.5 Å². The topological polar surface area (TPSA) is 60.8 Å². The Balaban J connectivity index is 1.53. The molecule has 0 aromatic heterocycles. The molecule has 4 heteroatoms. The lowest BCUT2D eigenvalue weighted by atomic mass is 9.87. The van der Waals surface area contributed by atoms with Crippen molar-refractivity contribution in [3.63, 3.8) is 0 Å². The largest absolute Gasteiger partial charge is 0.508 e. The van der Waals surface area contributed by atoms with E-state index >= 15 is 0 Å². The minimum Gasteiger partial charge on any atom is -0.508 e. The number of nitrogens with zero attached hydrogens (tertiary/aromatic N) is 1. The molecule has 0 bridgehead atoms. The highest BCUT2D eigenvalue weighted by atomic mass is 16.3. The molecule has 2 aromatic rings.